The number of fused-ring (bicyclic) bond motifs is 3. The van der Waals surface area contributed by atoms with Crippen LogP contribution in [0, 0.1) is 11.6 Å². The fourth-order valence-electron chi connectivity index (χ4n) is 5.86. The van der Waals surface area contributed by atoms with Crippen molar-refractivity contribution in [3.63, 3.8) is 0 Å². The highest BCUT2D eigenvalue weighted by atomic mass is 35.5. The highest BCUT2D eigenvalue weighted by Gasteiger charge is 2.42. The molecule has 2 fully saturated rings. The van der Waals surface area contributed by atoms with Crippen LogP contribution in [0.4, 0.5) is 20.2 Å². The number of rotatable bonds is 5. The molecule has 2 amide bonds. The number of carbonyl (C=O) groups excluding carboxylic acids is 2. The summed E-state index contributed by atoms with van der Waals surface area (Å²) < 4.78 is 27.7. The maximum atomic E-state index is 14.2. The molecule has 0 spiro atoms. The van der Waals surface area contributed by atoms with E-state index in [2.05, 4.69) is 9.80 Å². The molecule has 0 saturated carbocycles. The van der Waals surface area contributed by atoms with E-state index < -0.39 is 0 Å². The summed E-state index contributed by atoms with van der Waals surface area (Å²) in [6.07, 6.45) is 2.19. The summed E-state index contributed by atoms with van der Waals surface area (Å²) in [6, 6.07) is 11.7. The zero-order valence-electron chi connectivity index (χ0n) is 20.5. The van der Waals surface area contributed by atoms with Gasteiger partial charge in [-0.1, -0.05) is 0 Å². The molecule has 5 rings (SSSR count). The third-order valence-corrected chi connectivity index (χ3v) is 7.69. The minimum atomic E-state index is -0.270. The van der Waals surface area contributed by atoms with Gasteiger partial charge in [0.2, 0.25) is 11.8 Å². The molecule has 0 aliphatic carbocycles. The smallest absolute Gasteiger partial charge is 0.222 e. The molecular formula is C27H33ClF2N4O2. The van der Waals surface area contributed by atoms with E-state index in [4.69, 9.17) is 0 Å². The SMILES string of the molecule is CC(=O)N1CCN(C(=O)CCCN2CCC3C(C2)c2cc(F)ccc2N3c2ccc(F)cc2)CC1.Cl. The summed E-state index contributed by atoms with van der Waals surface area (Å²) in [5.41, 5.74) is 2.92. The molecule has 9 heteroatoms. The zero-order chi connectivity index (χ0) is 24.5. The number of piperidine rings is 1. The van der Waals surface area contributed by atoms with E-state index >= 15 is 0 Å². The molecule has 2 saturated heterocycles. The topological polar surface area (TPSA) is 47.1 Å². The molecule has 2 aromatic rings. The molecule has 3 aliphatic rings. The number of likely N-dealkylation sites (tertiary alicyclic amines) is 1. The molecule has 6 nitrogen and oxygen atoms in total. The first kappa shape index (κ1) is 26.4. The van der Waals surface area contributed by atoms with Crippen molar-refractivity contribution in [1.82, 2.24) is 14.7 Å². The molecule has 2 aromatic carbocycles. The second-order valence-corrected chi connectivity index (χ2v) is 9.80. The molecule has 3 aliphatic heterocycles. The largest absolute Gasteiger partial charge is 0.339 e. The van der Waals surface area contributed by atoms with Crippen LogP contribution in [-0.2, 0) is 9.59 Å². The van der Waals surface area contributed by atoms with Crippen LogP contribution < -0.4 is 4.90 Å². The Morgan fingerprint density at radius 3 is 2.28 bits per heavy atom. The second kappa shape index (κ2) is 11.1. The van der Waals surface area contributed by atoms with Crippen LogP contribution in [0.3, 0.4) is 0 Å². The van der Waals surface area contributed by atoms with E-state index in [9.17, 15) is 18.4 Å². The van der Waals surface area contributed by atoms with Gasteiger partial charge in [0.05, 0.1) is 0 Å². The van der Waals surface area contributed by atoms with Crippen LogP contribution in [0.1, 0.15) is 37.7 Å². The van der Waals surface area contributed by atoms with E-state index in [1.54, 1.807) is 30.0 Å². The van der Waals surface area contributed by atoms with Gasteiger partial charge in [-0.25, -0.2) is 8.78 Å². The first-order valence-electron chi connectivity index (χ1n) is 12.5. The van der Waals surface area contributed by atoms with Gasteiger partial charge in [0.1, 0.15) is 11.6 Å². The Labute approximate surface area is 217 Å². The van der Waals surface area contributed by atoms with Crippen LogP contribution in [-0.4, -0.2) is 78.4 Å². The van der Waals surface area contributed by atoms with Crippen LogP contribution in [0.5, 0.6) is 0 Å². The molecule has 36 heavy (non-hydrogen) atoms. The Bertz CT molecular complexity index is 1090. The molecule has 0 N–H and O–H groups in total. The molecule has 0 radical (unpaired) electrons. The number of piperazine rings is 1. The number of nitrogens with zero attached hydrogens (tertiary/aromatic N) is 4. The van der Waals surface area contributed by atoms with Crippen molar-refractivity contribution < 1.29 is 18.4 Å². The Morgan fingerprint density at radius 1 is 0.917 bits per heavy atom. The summed E-state index contributed by atoms with van der Waals surface area (Å²) in [5, 5.41) is 0. The molecular weight excluding hydrogens is 486 g/mol. The van der Waals surface area contributed by atoms with Crippen LogP contribution in [0.25, 0.3) is 0 Å². The zero-order valence-corrected chi connectivity index (χ0v) is 21.4. The number of benzene rings is 2. The minimum absolute atomic E-state index is 0. The maximum absolute atomic E-state index is 14.2. The van der Waals surface area contributed by atoms with Crippen molar-refractivity contribution in [3.8, 4) is 0 Å². The van der Waals surface area contributed by atoms with Crippen LogP contribution >= 0.6 is 12.4 Å². The van der Waals surface area contributed by atoms with E-state index in [0.29, 0.717) is 32.6 Å². The quantitative estimate of drug-likeness (QED) is 0.596. The van der Waals surface area contributed by atoms with Gasteiger partial charge < -0.3 is 19.6 Å². The van der Waals surface area contributed by atoms with Crippen LogP contribution in [0.15, 0.2) is 42.5 Å². The fraction of sp³-hybridized carbons (Fsp3) is 0.481. The van der Waals surface area contributed by atoms with Gasteiger partial charge in [0.15, 0.2) is 0 Å². The first-order chi connectivity index (χ1) is 16.9. The molecule has 2 atom stereocenters. The summed E-state index contributed by atoms with van der Waals surface area (Å²) in [5.74, 6) is -0.134. The summed E-state index contributed by atoms with van der Waals surface area (Å²) in [7, 11) is 0. The number of carbonyl (C=O) groups is 2. The standard InChI is InChI=1S/C27H32F2N4O2.ClH/c1-19(34)31-13-15-32(16-14-31)27(35)3-2-11-30-12-10-26-24(18-30)23-17-21(29)6-9-25(23)33(26)22-7-4-20(28)5-8-22;/h4-9,17,24,26H,2-3,10-16,18H2,1H3;1H. The molecule has 2 unspecified atom stereocenters. The highest BCUT2D eigenvalue weighted by Crippen LogP contribution is 2.48. The lowest BCUT2D eigenvalue weighted by Gasteiger charge is -2.39. The highest BCUT2D eigenvalue weighted by molar-refractivity contribution is 5.85. The lowest BCUT2D eigenvalue weighted by atomic mass is 9.89. The van der Waals surface area contributed by atoms with Gasteiger partial charge >= 0.3 is 0 Å². The van der Waals surface area contributed by atoms with E-state index in [1.165, 1.54) is 18.2 Å². The van der Waals surface area contributed by atoms with E-state index in [1.807, 2.05) is 11.0 Å². The van der Waals surface area contributed by atoms with Crippen molar-refractivity contribution in [1.29, 1.82) is 0 Å². The van der Waals surface area contributed by atoms with Crippen molar-refractivity contribution in [3.05, 3.63) is 59.7 Å². The minimum Gasteiger partial charge on any atom is -0.339 e. The van der Waals surface area contributed by atoms with Gasteiger partial charge in [-0.05, 0) is 67.4 Å². The number of hydrogen-bond acceptors (Lipinski definition) is 4. The van der Waals surface area contributed by atoms with Gasteiger partial charge in [0.25, 0.3) is 0 Å². The molecule has 0 bridgehead atoms. The maximum Gasteiger partial charge on any atom is 0.222 e. The average Bonchev–Trinajstić information content (AvgIpc) is 3.17. The van der Waals surface area contributed by atoms with Crippen molar-refractivity contribution in [2.75, 3.05) is 50.7 Å². The Hall–Kier alpha value is -2.71. The van der Waals surface area contributed by atoms with E-state index in [0.717, 1.165) is 49.4 Å². The lowest BCUT2D eigenvalue weighted by molar-refractivity contribution is -0.138. The fourth-order valence-corrected chi connectivity index (χ4v) is 5.86. The molecule has 3 heterocycles. The normalized spacial score (nSPS) is 21.6. The Balaban J connectivity index is 0.00000304. The van der Waals surface area contributed by atoms with Crippen molar-refractivity contribution >= 4 is 35.6 Å². The third-order valence-electron chi connectivity index (χ3n) is 7.69. The summed E-state index contributed by atoms with van der Waals surface area (Å²) in [4.78, 5) is 32.4. The average molecular weight is 519 g/mol. The Morgan fingerprint density at radius 2 is 1.58 bits per heavy atom. The predicted octanol–water partition coefficient (Wildman–Crippen LogP) is 4.17. The first-order valence-corrected chi connectivity index (χ1v) is 12.5. The third kappa shape index (κ3) is 5.34. The van der Waals surface area contributed by atoms with Crippen molar-refractivity contribution in [2.24, 2.45) is 0 Å². The van der Waals surface area contributed by atoms with Crippen molar-refractivity contribution in [2.45, 2.75) is 38.1 Å². The second-order valence-electron chi connectivity index (χ2n) is 9.80. The summed E-state index contributed by atoms with van der Waals surface area (Å²) >= 11 is 0. The number of amides is 2. The predicted molar refractivity (Wildman–Crippen MR) is 138 cm³/mol. The van der Waals surface area contributed by atoms with Crippen LogP contribution in [0.2, 0.25) is 0 Å². The van der Waals surface area contributed by atoms with E-state index in [-0.39, 0.29) is 47.8 Å². The number of hydrogen-bond donors (Lipinski definition) is 0. The number of halogens is 3. The molecule has 0 aromatic heterocycles. The summed E-state index contributed by atoms with van der Waals surface area (Å²) in [6.45, 7) is 6.53. The monoisotopic (exact) mass is 518 g/mol. The van der Waals surface area contributed by atoms with Gasteiger partial charge in [-0.2, -0.15) is 0 Å². The van der Waals surface area contributed by atoms with Gasteiger partial charge in [0, 0.05) is 75.9 Å². The Kier molecular flexibility index (Phi) is 8.15. The van der Waals surface area contributed by atoms with Gasteiger partial charge in [-0.3, -0.25) is 9.59 Å². The molecule has 194 valence electrons. The lowest BCUT2D eigenvalue weighted by Crippen LogP contribution is -2.50. The van der Waals surface area contributed by atoms with Gasteiger partial charge in [-0.15, -0.1) is 12.4 Å². The number of anilines is 2.